The average Bonchev–Trinajstić information content (AvgIpc) is 3.27. The number of nitrogens with one attached hydrogen (secondary N) is 3. The van der Waals surface area contributed by atoms with Gasteiger partial charge in [-0.3, -0.25) is 9.59 Å². The lowest BCUT2D eigenvalue weighted by Gasteiger charge is -2.13. The SMILES string of the molecule is COc1cc(CC(=O)NCc2cc(CCC(=O)O)on2)ccc1NC(=O)Nc1ccccc1C. The summed E-state index contributed by atoms with van der Waals surface area (Å²) >= 11 is 0. The number of ether oxygens (including phenoxy) is 1. The van der Waals surface area contributed by atoms with Crippen molar-refractivity contribution >= 4 is 29.3 Å². The van der Waals surface area contributed by atoms with Crippen molar-refractivity contribution in [2.75, 3.05) is 17.7 Å². The van der Waals surface area contributed by atoms with Crippen molar-refractivity contribution in [3.8, 4) is 5.75 Å². The molecule has 0 unspecified atom stereocenters. The first-order valence-corrected chi connectivity index (χ1v) is 10.6. The molecule has 0 fully saturated rings. The zero-order valence-electron chi connectivity index (χ0n) is 18.9. The van der Waals surface area contributed by atoms with Gasteiger partial charge in [0.05, 0.1) is 32.2 Å². The molecule has 0 saturated carbocycles. The lowest BCUT2D eigenvalue weighted by Crippen LogP contribution is -2.24. The fourth-order valence-electron chi connectivity index (χ4n) is 3.16. The number of carboxylic acid groups (broad SMARTS) is 1. The van der Waals surface area contributed by atoms with Crippen LogP contribution in [0.5, 0.6) is 5.75 Å². The lowest BCUT2D eigenvalue weighted by atomic mass is 10.1. The summed E-state index contributed by atoms with van der Waals surface area (Å²) in [7, 11) is 1.48. The standard InChI is InChI=1S/C24H26N4O6/c1-15-5-3-4-6-19(15)26-24(32)27-20-9-7-16(11-21(20)33-2)12-22(29)25-14-17-13-18(34-28-17)8-10-23(30)31/h3-7,9,11,13H,8,10,12,14H2,1-2H3,(H,25,29)(H,30,31)(H2,26,27,32). The Labute approximate surface area is 196 Å². The van der Waals surface area contributed by atoms with Crippen LogP contribution >= 0.6 is 0 Å². The van der Waals surface area contributed by atoms with Crippen molar-refractivity contribution in [3.63, 3.8) is 0 Å². The molecule has 3 rings (SSSR count). The van der Waals surface area contributed by atoms with Gasteiger partial charge >= 0.3 is 12.0 Å². The van der Waals surface area contributed by atoms with Crippen LogP contribution in [-0.2, 0) is 29.0 Å². The molecule has 2 aromatic carbocycles. The third kappa shape index (κ3) is 7.09. The Hall–Kier alpha value is -4.34. The van der Waals surface area contributed by atoms with Gasteiger partial charge in [0.25, 0.3) is 0 Å². The number of amides is 3. The van der Waals surface area contributed by atoms with Crippen LogP contribution in [0.25, 0.3) is 0 Å². The molecule has 0 aliphatic carbocycles. The topological polar surface area (TPSA) is 143 Å². The molecule has 10 nitrogen and oxygen atoms in total. The molecule has 10 heteroatoms. The Bertz CT molecular complexity index is 1170. The van der Waals surface area contributed by atoms with Gasteiger partial charge in [-0.05, 0) is 36.2 Å². The number of aryl methyl sites for hydroxylation is 2. The smallest absolute Gasteiger partial charge is 0.323 e. The number of aromatic nitrogens is 1. The number of hydrogen-bond donors (Lipinski definition) is 4. The Balaban J connectivity index is 1.53. The normalized spacial score (nSPS) is 10.4. The van der Waals surface area contributed by atoms with E-state index < -0.39 is 12.0 Å². The van der Waals surface area contributed by atoms with Crippen molar-refractivity contribution in [1.82, 2.24) is 10.5 Å². The van der Waals surface area contributed by atoms with Gasteiger partial charge in [-0.25, -0.2) is 4.79 Å². The molecule has 34 heavy (non-hydrogen) atoms. The van der Waals surface area contributed by atoms with E-state index in [-0.39, 0.29) is 31.7 Å². The quantitative estimate of drug-likeness (QED) is 0.358. The first-order chi connectivity index (χ1) is 16.3. The number of carboxylic acids is 1. The summed E-state index contributed by atoms with van der Waals surface area (Å²) in [6.07, 6.45) is 0.274. The van der Waals surface area contributed by atoms with Gasteiger partial charge in [0.1, 0.15) is 17.2 Å². The van der Waals surface area contributed by atoms with E-state index in [0.717, 1.165) is 5.56 Å². The second kappa shape index (κ2) is 11.5. The number of carbonyl (C=O) groups is 3. The molecule has 0 spiro atoms. The van der Waals surface area contributed by atoms with E-state index in [1.165, 1.54) is 7.11 Å². The fraction of sp³-hybridized carbons (Fsp3) is 0.250. The van der Waals surface area contributed by atoms with Gasteiger partial charge < -0.3 is 30.3 Å². The monoisotopic (exact) mass is 466 g/mol. The third-order valence-electron chi connectivity index (χ3n) is 4.93. The molecular weight excluding hydrogens is 440 g/mol. The highest BCUT2D eigenvalue weighted by molar-refractivity contribution is 6.01. The van der Waals surface area contributed by atoms with Crippen LogP contribution in [-0.4, -0.2) is 35.3 Å². The van der Waals surface area contributed by atoms with E-state index >= 15 is 0 Å². The summed E-state index contributed by atoms with van der Waals surface area (Å²) in [6, 6.07) is 13.7. The number of para-hydroxylation sites is 1. The summed E-state index contributed by atoms with van der Waals surface area (Å²) < 4.78 is 10.4. The maximum absolute atomic E-state index is 12.4. The van der Waals surface area contributed by atoms with Crippen molar-refractivity contribution in [1.29, 1.82) is 0 Å². The fourth-order valence-corrected chi connectivity index (χ4v) is 3.16. The molecule has 1 heterocycles. The van der Waals surface area contributed by atoms with Crippen LogP contribution < -0.4 is 20.7 Å². The summed E-state index contributed by atoms with van der Waals surface area (Å²) in [5, 5.41) is 20.8. The number of urea groups is 1. The van der Waals surface area contributed by atoms with Gasteiger partial charge in [0.15, 0.2) is 0 Å². The number of rotatable bonds is 10. The number of anilines is 2. The van der Waals surface area contributed by atoms with Crippen LogP contribution in [0.3, 0.4) is 0 Å². The Morgan fingerprint density at radius 2 is 1.82 bits per heavy atom. The second-order valence-corrected chi connectivity index (χ2v) is 7.56. The highest BCUT2D eigenvalue weighted by Gasteiger charge is 2.12. The van der Waals surface area contributed by atoms with Crippen molar-refractivity contribution in [2.24, 2.45) is 0 Å². The van der Waals surface area contributed by atoms with Crippen LogP contribution in [0.2, 0.25) is 0 Å². The van der Waals surface area contributed by atoms with Gasteiger partial charge in [-0.1, -0.05) is 29.4 Å². The van der Waals surface area contributed by atoms with Crippen molar-refractivity contribution < 1.29 is 28.8 Å². The van der Waals surface area contributed by atoms with Crippen LogP contribution in [0.1, 0.15) is 29.0 Å². The predicted molar refractivity (Wildman–Crippen MR) is 125 cm³/mol. The first-order valence-electron chi connectivity index (χ1n) is 10.6. The van der Waals surface area contributed by atoms with E-state index in [9.17, 15) is 14.4 Å². The number of carbonyl (C=O) groups excluding carboxylic acids is 2. The molecule has 4 N–H and O–H groups in total. The lowest BCUT2D eigenvalue weighted by molar-refractivity contribution is -0.137. The number of methoxy groups -OCH3 is 1. The third-order valence-corrected chi connectivity index (χ3v) is 4.93. The number of benzene rings is 2. The van der Waals surface area contributed by atoms with E-state index in [2.05, 4.69) is 21.1 Å². The van der Waals surface area contributed by atoms with E-state index in [0.29, 0.717) is 34.1 Å². The molecular formula is C24H26N4O6. The molecule has 0 bridgehead atoms. The Morgan fingerprint density at radius 1 is 1.06 bits per heavy atom. The summed E-state index contributed by atoms with van der Waals surface area (Å²) in [5.41, 5.74) is 3.31. The largest absolute Gasteiger partial charge is 0.495 e. The molecule has 3 aromatic rings. The predicted octanol–water partition coefficient (Wildman–Crippen LogP) is 3.51. The minimum atomic E-state index is -0.921. The molecule has 178 valence electrons. The van der Waals surface area contributed by atoms with E-state index in [4.69, 9.17) is 14.4 Å². The summed E-state index contributed by atoms with van der Waals surface area (Å²) in [4.78, 5) is 35.3. The second-order valence-electron chi connectivity index (χ2n) is 7.56. The van der Waals surface area contributed by atoms with Crippen molar-refractivity contribution in [3.05, 3.63) is 71.1 Å². The Kier molecular flexibility index (Phi) is 8.22. The molecule has 0 atom stereocenters. The highest BCUT2D eigenvalue weighted by Crippen LogP contribution is 2.26. The Morgan fingerprint density at radius 3 is 2.56 bits per heavy atom. The van der Waals surface area contributed by atoms with Crippen LogP contribution in [0.4, 0.5) is 16.2 Å². The summed E-state index contributed by atoms with van der Waals surface area (Å²) in [5.74, 6) is -0.291. The minimum absolute atomic E-state index is 0.0543. The number of nitrogens with zero attached hydrogens (tertiary/aromatic N) is 1. The molecule has 0 aliphatic rings. The van der Waals surface area contributed by atoms with Gasteiger partial charge in [-0.15, -0.1) is 0 Å². The van der Waals surface area contributed by atoms with E-state index in [1.807, 2.05) is 31.2 Å². The van der Waals surface area contributed by atoms with Crippen LogP contribution in [0, 0.1) is 6.92 Å². The zero-order chi connectivity index (χ0) is 24.5. The van der Waals surface area contributed by atoms with Gasteiger partial charge in [0.2, 0.25) is 5.91 Å². The number of aliphatic carboxylic acids is 1. The zero-order valence-corrected chi connectivity index (χ0v) is 18.9. The highest BCUT2D eigenvalue weighted by atomic mass is 16.5. The van der Waals surface area contributed by atoms with Gasteiger partial charge in [-0.2, -0.15) is 0 Å². The van der Waals surface area contributed by atoms with Crippen LogP contribution in [0.15, 0.2) is 53.1 Å². The number of hydrogen-bond acceptors (Lipinski definition) is 6. The minimum Gasteiger partial charge on any atom is -0.495 e. The maximum atomic E-state index is 12.4. The van der Waals surface area contributed by atoms with Crippen molar-refractivity contribution in [2.45, 2.75) is 32.7 Å². The maximum Gasteiger partial charge on any atom is 0.323 e. The molecule has 0 radical (unpaired) electrons. The first kappa shape index (κ1) is 24.3. The molecule has 1 aromatic heterocycles. The average molecular weight is 466 g/mol. The molecule has 3 amide bonds. The van der Waals surface area contributed by atoms with E-state index in [1.54, 1.807) is 24.3 Å². The van der Waals surface area contributed by atoms with Gasteiger partial charge in [0, 0.05) is 18.2 Å². The summed E-state index contributed by atoms with van der Waals surface area (Å²) in [6.45, 7) is 2.06. The molecule has 0 saturated heterocycles. The molecule has 0 aliphatic heterocycles.